The number of carbonyl (C=O) groups excluding carboxylic acids is 1. The van der Waals surface area contributed by atoms with Gasteiger partial charge in [-0.25, -0.2) is 0 Å². The van der Waals surface area contributed by atoms with Crippen molar-refractivity contribution in [1.29, 1.82) is 0 Å². The fourth-order valence-corrected chi connectivity index (χ4v) is 3.79. The van der Waals surface area contributed by atoms with Gasteiger partial charge >= 0.3 is 0 Å². The summed E-state index contributed by atoms with van der Waals surface area (Å²) in [5.74, 6) is 0.241. The van der Waals surface area contributed by atoms with Crippen molar-refractivity contribution in [3.8, 4) is 0 Å². The second-order valence-corrected chi connectivity index (χ2v) is 7.27. The molecule has 0 spiro atoms. The molecule has 25 heavy (non-hydrogen) atoms. The largest absolute Gasteiger partial charge is 0.358 e. The number of hydrogen-bond acceptors (Lipinski definition) is 1. The smallest absolute Gasteiger partial charge is 0.223 e. The van der Waals surface area contributed by atoms with Gasteiger partial charge in [0.25, 0.3) is 0 Å². The van der Waals surface area contributed by atoms with Crippen molar-refractivity contribution >= 4 is 16.8 Å². The zero-order chi connectivity index (χ0) is 17.4. The Labute approximate surface area is 148 Å². The summed E-state index contributed by atoms with van der Waals surface area (Å²) in [6.45, 7) is 4.80. The second kappa shape index (κ2) is 6.40. The van der Waals surface area contributed by atoms with Crippen LogP contribution in [0.1, 0.15) is 34.4 Å². The first kappa shape index (κ1) is 15.9. The Hall–Kier alpha value is -2.55. The third-order valence-electron chi connectivity index (χ3n) is 5.30. The van der Waals surface area contributed by atoms with Gasteiger partial charge in [0.05, 0.1) is 0 Å². The molecular weight excluding hydrogens is 308 g/mol. The monoisotopic (exact) mass is 332 g/mol. The molecular formula is C22H24N2O. The van der Waals surface area contributed by atoms with Crippen LogP contribution in [0.2, 0.25) is 0 Å². The van der Waals surface area contributed by atoms with Gasteiger partial charge in [0.1, 0.15) is 0 Å². The van der Waals surface area contributed by atoms with Crippen LogP contribution in [0, 0.1) is 19.8 Å². The molecule has 1 heterocycles. The molecule has 1 atom stereocenters. The third kappa shape index (κ3) is 3.19. The fourth-order valence-electron chi connectivity index (χ4n) is 3.79. The van der Waals surface area contributed by atoms with Crippen LogP contribution in [0.5, 0.6) is 0 Å². The van der Waals surface area contributed by atoms with E-state index in [2.05, 4.69) is 66.6 Å². The van der Waals surface area contributed by atoms with Crippen LogP contribution in [0.4, 0.5) is 0 Å². The summed E-state index contributed by atoms with van der Waals surface area (Å²) >= 11 is 0. The lowest BCUT2D eigenvalue weighted by Gasteiger charge is -2.22. The van der Waals surface area contributed by atoms with Gasteiger partial charge in [0, 0.05) is 29.1 Å². The molecule has 3 heteroatoms. The highest BCUT2D eigenvalue weighted by atomic mass is 16.1. The highest BCUT2D eigenvalue weighted by Gasteiger charge is 2.27. The molecule has 128 valence electrons. The Kier molecular flexibility index (Phi) is 4.08. The fraction of sp³-hybridized carbons (Fsp3) is 0.318. The number of fused-ring (bicyclic) bond motifs is 3. The Balaban J connectivity index is 1.47. The third-order valence-corrected chi connectivity index (χ3v) is 5.30. The van der Waals surface area contributed by atoms with Crippen molar-refractivity contribution in [2.75, 3.05) is 0 Å². The van der Waals surface area contributed by atoms with E-state index in [-0.39, 0.29) is 11.8 Å². The number of H-pyrrole nitrogens is 1. The molecule has 4 rings (SSSR count). The molecule has 0 aliphatic heterocycles. The molecule has 1 aromatic heterocycles. The van der Waals surface area contributed by atoms with Crippen LogP contribution in [-0.2, 0) is 24.2 Å². The molecule has 0 saturated carbocycles. The normalized spacial score (nSPS) is 16.6. The summed E-state index contributed by atoms with van der Waals surface area (Å²) in [4.78, 5) is 16.2. The Morgan fingerprint density at radius 2 is 1.88 bits per heavy atom. The van der Waals surface area contributed by atoms with Gasteiger partial charge in [-0.05, 0) is 56.4 Å². The summed E-state index contributed by atoms with van der Waals surface area (Å²) < 4.78 is 0. The molecule has 1 aliphatic carbocycles. The van der Waals surface area contributed by atoms with E-state index in [0.717, 1.165) is 24.8 Å². The summed E-state index contributed by atoms with van der Waals surface area (Å²) in [6.07, 6.45) is 2.70. The standard InChI is InChI=1S/C22H24N2O/c1-14-3-6-16(7-4-14)13-23-22(25)17-8-10-21-19(12-17)18-11-15(2)5-9-20(18)24-21/h3-7,9,11,17,24H,8,10,12-13H2,1-2H3,(H,23,25). The van der Waals surface area contributed by atoms with Crippen LogP contribution >= 0.6 is 0 Å². The van der Waals surface area contributed by atoms with E-state index in [1.54, 1.807) is 0 Å². The van der Waals surface area contributed by atoms with Gasteiger partial charge in [0.15, 0.2) is 0 Å². The minimum atomic E-state index is 0.0671. The first-order valence-electron chi connectivity index (χ1n) is 9.03. The van der Waals surface area contributed by atoms with Crippen molar-refractivity contribution in [2.45, 2.75) is 39.7 Å². The minimum Gasteiger partial charge on any atom is -0.358 e. The van der Waals surface area contributed by atoms with Gasteiger partial charge in [0.2, 0.25) is 5.91 Å². The number of aromatic amines is 1. The maximum atomic E-state index is 12.7. The van der Waals surface area contributed by atoms with Gasteiger partial charge in [-0.2, -0.15) is 0 Å². The van der Waals surface area contributed by atoms with E-state index in [1.165, 1.54) is 33.3 Å². The number of amides is 1. The Bertz CT molecular complexity index is 921. The number of nitrogens with one attached hydrogen (secondary N) is 2. The van der Waals surface area contributed by atoms with Crippen molar-refractivity contribution in [3.05, 3.63) is 70.4 Å². The molecule has 1 amide bonds. The van der Waals surface area contributed by atoms with Gasteiger partial charge in [-0.1, -0.05) is 41.5 Å². The van der Waals surface area contributed by atoms with E-state index in [1.807, 2.05) is 0 Å². The summed E-state index contributed by atoms with van der Waals surface area (Å²) in [7, 11) is 0. The molecule has 0 fully saturated rings. The predicted octanol–water partition coefficient (Wildman–Crippen LogP) is 4.21. The van der Waals surface area contributed by atoms with Crippen LogP contribution in [0.15, 0.2) is 42.5 Å². The zero-order valence-electron chi connectivity index (χ0n) is 14.9. The first-order chi connectivity index (χ1) is 12.1. The minimum absolute atomic E-state index is 0.0671. The molecule has 3 nitrogen and oxygen atoms in total. The summed E-state index contributed by atoms with van der Waals surface area (Å²) in [6, 6.07) is 14.8. The van der Waals surface area contributed by atoms with Crippen LogP contribution < -0.4 is 5.32 Å². The van der Waals surface area contributed by atoms with E-state index in [4.69, 9.17) is 0 Å². The lowest BCUT2D eigenvalue weighted by Crippen LogP contribution is -2.33. The van der Waals surface area contributed by atoms with Crippen molar-refractivity contribution < 1.29 is 4.79 Å². The first-order valence-corrected chi connectivity index (χ1v) is 9.03. The number of rotatable bonds is 3. The van der Waals surface area contributed by atoms with E-state index in [0.29, 0.717) is 6.54 Å². The Morgan fingerprint density at radius 3 is 2.68 bits per heavy atom. The average molecular weight is 332 g/mol. The van der Waals surface area contributed by atoms with Crippen LogP contribution in [0.3, 0.4) is 0 Å². The van der Waals surface area contributed by atoms with Gasteiger partial charge in [-0.15, -0.1) is 0 Å². The number of carbonyl (C=O) groups is 1. The van der Waals surface area contributed by atoms with Crippen LogP contribution in [-0.4, -0.2) is 10.9 Å². The SMILES string of the molecule is Cc1ccc(CNC(=O)C2CCc3[nH]c4ccc(C)cc4c3C2)cc1. The molecule has 0 saturated heterocycles. The number of aryl methyl sites for hydroxylation is 3. The van der Waals surface area contributed by atoms with Gasteiger partial charge < -0.3 is 10.3 Å². The maximum absolute atomic E-state index is 12.7. The second-order valence-electron chi connectivity index (χ2n) is 7.27. The highest BCUT2D eigenvalue weighted by molar-refractivity contribution is 5.87. The molecule has 2 N–H and O–H groups in total. The molecule has 1 unspecified atom stereocenters. The predicted molar refractivity (Wildman–Crippen MR) is 102 cm³/mol. The topological polar surface area (TPSA) is 44.9 Å². The molecule has 0 bridgehead atoms. The number of benzene rings is 2. The summed E-state index contributed by atoms with van der Waals surface area (Å²) in [5, 5.41) is 4.40. The van der Waals surface area contributed by atoms with Crippen molar-refractivity contribution in [2.24, 2.45) is 5.92 Å². The lowest BCUT2D eigenvalue weighted by atomic mass is 9.85. The molecule has 1 aliphatic rings. The maximum Gasteiger partial charge on any atom is 0.223 e. The molecule has 2 aromatic carbocycles. The highest BCUT2D eigenvalue weighted by Crippen LogP contribution is 2.32. The molecule has 3 aromatic rings. The Morgan fingerprint density at radius 1 is 1.12 bits per heavy atom. The zero-order valence-corrected chi connectivity index (χ0v) is 14.9. The van der Waals surface area contributed by atoms with E-state index in [9.17, 15) is 4.79 Å². The average Bonchev–Trinajstić information content (AvgIpc) is 2.98. The number of aromatic nitrogens is 1. The van der Waals surface area contributed by atoms with Crippen molar-refractivity contribution in [3.63, 3.8) is 0 Å². The quantitative estimate of drug-likeness (QED) is 0.741. The van der Waals surface area contributed by atoms with E-state index < -0.39 is 0 Å². The van der Waals surface area contributed by atoms with Gasteiger partial charge in [-0.3, -0.25) is 4.79 Å². The van der Waals surface area contributed by atoms with E-state index >= 15 is 0 Å². The summed E-state index contributed by atoms with van der Waals surface area (Å²) in [5.41, 5.74) is 7.49. The van der Waals surface area contributed by atoms with Crippen molar-refractivity contribution in [1.82, 2.24) is 10.3 Å². The van der Waals surface area contributed by atoms with Crippen LogP contribution in [0.25, 0.3) is 10.9 Å². The molecule has 0 radical (unpaired) electrons. The lowest BCUT2D eigenvalue weighted by molar-refractivity contribution is -0.125. The number of hydrogen-bond donors (Lipinski definition) is 2.